The molecule has 0 amide bonds. The Morgan fingerprint density at radius 2 is 1.56 bits per heavy atom. The maximum atomic E-state index is 11.5. The van der Waals surface area contributed by atoms with Crippen molar-refractivity contribution < 1.29 is 24.9 Å². The van der Waals surface area contributed by atoms with Gasteiger partial charge in [0.25, 0.3) is 0 Å². The Morgan fingerprint density at radius 1 is 0.941 bits per heavy atom. The number of carboxylic acids is 1. The summed E-state index contributed by atoms with van der Waals surface area (Å²) in [6.07, 6.45) is 0.0132. The first-order valence-corrected chi connectivity index (χ1v) is 11.1. The first-order chi connectivity index (χ1) is 15.7. The van der Waals surface area contributed by atoms with Gasteiger partial charge in [-0.1, -0.05) is 42.5 Å². The van der Waals surface area contributed by atoms with Crippen LogP contribution in [0.5, 0.6) is 11.5 Å². The second-order valence-corrected chi connectivity index (χ2v) is 8.41. The molecule has 0 saturated heterocycles. The molecule has 3 aromatic carbocycles. The summed E-state index contributed by atoms with van der Waals surface area (Å²) >= 11 is 0. The Morgan fingerprint density at radius 3 is 2.15 bits per heavy atom. The highest BCUT2D eigenvalue weighted by Gasteiger charge is 2.16. The van der Waals surface area contributed by atoms with Crippen LogP contribution in [0.2, 0.25) is 0 Å². The van der Waals surface area contributed by atoms with Gasteiger partial charge in [0.1, 0.15) is 17.1 Å². The molecule has 182 valence electrons. The van der Waals surface area contributed by atoms with Crippen molar-refractivity contribution in [2.45, 2.75) is 45.4 Å². The number of nitrogens with one attached hydrogen (secondary N) is 1. The second-order valence-electron chi connectivity index (χ2n) is 8.41. The molecule has 0 aliphatic heterocycles. The Bertz CT molecular complexity index is 1070. The standard InChI is InChI=1S/C27H31NO5.ClH/c1-17(2)33-25-16-22(10-13-24(25)27(31)32)20-6-4-19(5-7-20)14-15-28-18(3)26(30)21-8-11-23(29)12-9-21;/h4-13,16-18,26,28-30H,14-15H2,1-3H3,(H,31,32);1H/t18-,26-;/m0./s1. The van der Waals surface area contributed by atoms with E-state index in [0.29, 0.717) is 12.3 Å². The van der Waals surface area contributed by atoms with Gasteiger partial charge in [0.15, 0.2) is 0 Å². The number of aliphatic hydroxyl groups is 1. The van der Waals surface area contributed by atoms with E-state index in [2.05, 4.69) is 5.32 Å². The maximum Gasteiger partial charge on any atom is 0.339 e. The number of phenols is 1. The average Bonchev–Trinajstić information content (AvgIpc) is 2.79. The van der Waals surface area contributed by atoms with Crippen molar-refractivity contribution in [2.75, 3.05) is 6.54 Å². The van der Waals surface area contributed by atoms with E-state index in [0.717, 1.165) is 28.7 Å². The molecule has 7 heteroatoms. The summed E-state index contributed by atoms with van der Waals surface area (Å²) in [5.74, 6) is -0.467. The predicted octanol–water partition coefficient (Wildman–Crippen LogP) is 5.22. The molecule has 2 atom stereocenters. The van der Waals surface area contributed by atoms with Gasteiger partial charge in [0.05, 0.1) is 12.2 Å². The number of carboxylic acid groups (broad SMARTS) is 1. The van der Waals surface area contributed by atoms with Gasteiger partial charge in [-0.15, -0.1) is 12.4 Å². The normalized spacial score (nSPS) is 12.6. The Balaban J connectivity index is 0.00000408. The van der Waals surface area contributed by atoms with Crippen molar-refractivity contribution in [1.29, 1.82) is 0 Å². The highest BCUT2D eigenvalue weighted by Crippen LogP contribution is 2.29. The van der Waals surface area contributed by atoms with Crippen molar-refractivity contribution in [1.82, 2.24) is 5.32 Å². The van der Waals surface area contributed by atoms with E-state index < -0.39 is 12.1 Å². The zero-order valence-corrected chi connectivity index (χ0v) is 20.4. The summed E-state index contributed by atoms with van der Waals surface area (Å²) in [4.78, 5) is 11.5. The Hall–Kier alpha value is -3.06. The van der Waals surface area contributed by atoms with E-state index in [9.17, 15) is 20.1 Å². The summed E-state index contributed by atoms with van der Waals surface area (Å²) in [6, 6.07) is 19.7. The summed E-state index contributed by atoms with van der Waals surface area (Å²) < 4.78 is 5.70. The van der Waals surface area contributed by atoms with Crippen LogP contribution in [-0.2, 0) is 6.42 Å². The summed E-state index contributed by atoms with van der Waals surface area (Å²) in [5, 5.41) is 32.6. The van der Waals surface area contributed by atoms with Crippen LogP contribution in [0.15, 0.2) is 66.7 Å². The SMILES string of the molecule is CC(C)Oc1cc(-c2ccc(CCN[C@@H](C)[C@H](O)c3ccc(O)cc3)cc2)ccc1C(=O)O.Cl. The van der Waals surface area contributed by atoms with Gasteiger partial charge < -0.3 is 25.4 Å². The van der Waals surface area contributed by atoms with E-state index in [4.69, 9.17) is 4.74 Å². The molecule has 0 aliphatic carbocycles. The number of aromatic carboxylic acids is 1. The monoisotopic (exact) mass is 485 g/mol. The van der Waals surface area contributed by atoms with Crippen LogP contribution in [0.1, 0.15) is 48.4 Å². The van der Waals surface area contributed by atoms with Gasteiger partial charge in [-0.25, -0.2) is 4.79 Å². The van der Waals surface area contributed by atoms with Crippen molar-refractivity contribution in [3.05, 3.63) is 83.4 Å². The Kier molecular flexibility index (Phi) is 9.93. The number of benzene rings is 3. The van der Waals surface area contributed by atoms with Gasteiger partial charge in [-0.3, -0.25) is 0 Å². The van der Waals surface area contributed by atoms with Gasteiger partial charge in [0.2, 0.25) is 0 Å². The third-order valence-electron chi connectivity index (χ3n) is 5.45. The summed E-state index contributed by atoms with van der Waals surface area (Å²) in [6.45, 7) is 6.37. The fraction of sp³-hybridized carbons (Fsp3) is 0.296. The van der Waals surface area contributed by atoms with Crippen LogP contribution in [-0.4, -0.2) is 40.0 Å². The third kappa shape index (κ3) is 7.22. The Labute approximate surface area is 206 Å². The molecule has 0 aromatic heterocycles. The molecule has 0 bridgehead atoms. The highest BCUT2D eigenvalue weighted by molar-refractivity contribution is 5.92. The van der Waals surface area contributed by atoms with Crippen LogP contribution < -0.4 is 10.1 Å². The number of halogens is 1. The smallest absolute Gasteiger partial charge is 0.339 e. The van der Waals surface area contributed by atoms with E-state index in [1.54, 1.807) is 42.5 Å². The number of aliphatic hydroxyl groups excluding tert-OH is 1. The molecular formula is C27H32ClNO5. The zero-order chi connectivity index (χ0) is 24.0. The average molecular weight is 486 g/mol. The van der Waals surface area contributed by atoms with Crippen molar-refractivity contribution in [3.8, 4) is 22.6 Å². The van der Waals surface area contributed by atoms with E-state index in [-0.39, 0.29) is 35.9 Å². The van der Waals surface area contributed by atoms with Crippen LogP contribution >= 0.6 is 12.4 Å². The number of hydrogen-bond donors (Lipinski definition) is 4. The zero-order valence-electron chi connectivity index (χ0n) is 19.6. The molecule has 0 aliphatic rings. The quantitative estimate of drug-likeness (QED) is 0.314. The molecule has 0 unspecified atom stereocenters. The number of ether oxygens (including phenoxy) is 1. The minimum atomic E-state index is -1.01. The lowest BCUT2D eigenvalue weighted by Crippen LogP contribution is -2.33. The molecular weight excluding hydrogens is 454 g/mol. The molecule has 0 heterocycles. The van der Waals surface area contributed by atoms with Crippen molar-refractivity contribution >= 4 is 18.4 Å². The van der Waals surface area contributed by atoms with Crippen LogP contribution in [0.25, 0.3) is 11.1 Å². The molecule has 0 radical (unpaired) electrons. The van der Waals surface area contributed by atoms with Gasteiger partial charge in [-0.2, -0.15) is 0 Å². The molecule has 3 rings (SSSR count). The number of rotatable bonds is 10. The molecule has 0 spiro atoms. The van der Waals surface area contributed by atoms with Gasteiger partial charge >= 0.3 is 5.97 Å². The highest BCUT2D eigenvalue weighted by atomic mass is 35.5. The van der Waals surface area contributed by atoms with Crippen LogP contribution in [0.4, 0.5) is 0 Å². The second kappa shape index (κ2) is 12.4. The lowest BCUT2D eigenvalue weighted by Gasteiger charge is -2.21. The lowest BCUT2D eigenvalue weighted by atomic mass is 10.0. The summed E-state index contributed by atoms with van der Waals surface area (Å²) in [7, 11) is 0. The van der Waals surface area contributed by atoms with E-state index in [1.807, 2.05) is 45.0 Å². The molecule has 0 fully saturated rings. The predicted molar refractivity (Wildman–Crippen MR) is 136 cm³/mol. The third-order valence-corrected chi connectivity index (χ3v) is 5.45. The van der Waals surface area contributed by atoms with E-state index >= 15 is 0 Å². The van der Waals surface area contributed by atoms with Crippen LogP contribution in [0.3, 0.4) is 0 Å². The minimum absolute atomic E-state index is 0. The maximum absolute atomic E-state index is 11.5. The molecule has 34 heavy (non-hydrogen) atoms. The number of hydrogen-bond acceptors (Lipinski definition) is 5. The lowest BCUT2D eigenvalue weighted by molar-refractivity contribution is 0.0690. The van der Waals surface area contributed by atoms with Gasteiger partial charge in [0, 0.05) is 6.04 Å². The van der Waals surface area contributed by atoms with Crippen molar-refractivity contribution in [2.24, 2.45) is 0 Å². The topological polar surface area (TPSA) is 99.0 Å². The number of aromatic hydroxyl groups is 1. The molecule has 0 saturated carbocycles. The van der Waals surface area contributed by atoms with Crippen LogP contribution in [0, 0.1) is 0 Å². The molecule has 3 aromatic rings. The minimum Gasteiger partial charge on any atom is -0.508 e. The molecule has 6 nitrogen and oxygen atoms in total. The molecule has 4 N–H and O–H groups in total. The number of phenolic OH excluding ortho intramolecular Hbond substituents is 1. The number of carbonyl (C=O) groups is 1. The van der Waals surface area contributed by atoms with E-state index in [1.165, 1.54) is 0 Å². The summed E-state index contributed by atoms with van der Waals surface area (Å²) in [5.41, 5.74) is 3.93. The fourth-order valence-electron chi connectivity index (χ4n) is 3.61. The van der Waals surface area contributed by atoms with Crippen molar-refractivity contribution in [3.63, 3.8) is 0 Å². The first-order valence-electron chi connectivity index (χ1n) is 11.1. The fourth-order valence-corrected chi connectivity index (χ4v) is 3.61. The van der Waals surface area contributed by atoms with Gasteiger partial charge in [-0.05, 0) is 80.3 Å². The first kappa shape index (κ1) is 27.2. The largest absolute Gasteiger partial charge is 0.508 e.